The highest BCUT2D eigenvalue weighted by Gasteiger charge is 2.41. The minimum Gasteiger partial charge on any atom is -0.258 e. The maximum Gasteiger partial charge on any atom is 0.505 e. The number of nitrogens with two attached hydrogens (primary N) is 3. The Morgan fingerprint density at radius 2 is 1.06 bits per heavy atom. The van der Waals surface area contributed by atoms with Crippen molar-refractivity contribution in [2.75, 3.05) is 13.3 Å². The van der Waals surface area contributed by atoms with E-state index >= 15 is 0 Å². The van der Waals surface area contributed by atoms with E-state index in [0.717, 1.165) is 13.3 Å². The van der Waals surface area contributed by atoms with Crippen LogP contribution >= 0.6 is 23.0 Å². The highest BCUT2D eigenvalue weighted by Crippen LogP contribution is 2.69. The first-order valence-corrected chi connectivity index (χ1v) is 8.87. The van der Waals surface area contributed by atoms with Crippen LogP contribution in [-0.2, 0) is 36.2 Å². The number of phosphoric acid groups is 1. The second kappa shape index (κ2) is 5.81. The fourth-order valence-corrected chi connectivity index (χ4v) is 4.37. The Hall–Kier alpha value is 0.370. The van der Waals surface area contributed by atoms with Gasteiger partial charge in [-0.2, -0.15) is 0 Å². The average Bonchev–Trinajstić information content (AvgIpc) is 2.16. The molecule has 16 heavy (non-hydrogen) atoms. The molecule has 0 saturated carbocycles. The molecule has 0 aromatic rings. The fourth-order valence-electron chi connectivity index (χ4n) is 0.455. The van der Waals surface area contributed by atoms with Crippen LogP contribution in [-0.4, -0.2) is 13.3 Å². The van der Waals surface area contributed by atoms with Crippen LogP contribution in [0.15, 0.2) is 0 Å². The molecule has 0 spiro atoms. The zero-order valence-electron chi connectivity index (χ0n) is 8.34. The quantitative estimate of drug-likeness (QED) is 0.439. The molecule has 0 aliphatic rings. The second-order valence-electron chi connectivity index (χ2n) is 2.47. The third-order valence-electron chi connectivity index (χ3n) is 1.01. The standard InChI is InChI=1S/C2H12N3O8P3/c1-14(6,9-3)12-16(8,11-5)13-15(2,7)10-4/h3-5H2,1-2H3. The van der Waals surface area contributed by atoms with Crippen LogP contribution in [0, 0.1) is 0 Å². The van der Waals surface area contributed by atoms with Gasteiger partial charge >= 0.3 is 23.0 Å². The Kier molecular flexibility index (Phi) is 5.95. The minimum atomic E-state index is -4.63. The minimum absolute atomic E-state index is 0.853. The molecule has 2 atom stereocenters. The molecular weight excluding hydrogens is 287 g/mol. The van der Waals surface area contributed by atoms with Gasteiger partial charge in [-0.05, 0) is 0 Å². The van der Waals surface area contributed by atoms with Crippen LogP contribution < -0.4 is 17.7 Å². The molecule has 0 heterocycles. The molecule has 0 bridgehead atoms. The van der Waals surface area contributed by atoms with Crippen LogP contribution in [0.4, 0.5) is 0 Å². The summed E-state index contributed by atoms with van der Waals surface area (Å²) in [6.07, 6.45) is 0. The van der Waals surface area contributed by atoms with Crippen molar-refractivity contribution in [2.24, 2.45) is 17.7 Å². The maximum atomic E-state index is 11.5. The SMILES string of the molecule is CP(=O)(ON)OP(=O)(ON)OP(C)(=O)ON. The molecule has 0 aromatic heterocycles. The topological polar surface area (TPSA) is 175 Å². The van der Waals surface area contributed by atoms with Gasteiger partial charge in [0.15, 0.2) is 0 Å². The van der Waals surface area contributed by atoms with Gasteiger partial charge in [0.25, 0.3) is 0 Å². The lowest BCUT2D eigenvalue weighted by Gasteiger charge is -2.19. The van der Waals surface area contributed by atoms with Gasteiger partial charge < -0.3 is 0 Å². The lowest BCUT2D eigenvalue weighted by molar-refractivity contribution is 0.179. The van der Waals surface area contributed by atoms with Crippen molar-refractivity contribution in [3.05, 3.63) is 0 Å². The second-order valence-corrected chi connectivity index (χ2v) is 8.39. The lowest BCUT2D eigenvalue weighted by Crippen LogP contribution is -2.07. The monoisotopic (exact) mass is 299 g/mol. The summed E-state index contributed by atoms with van der Waals surface area (Å²) < 4.78 is 54.0. The summed E-state index contributed by atoms with van der Waals surface area (Å²) in [5.74, 6) is 13.7. The smallest absolute Gasteiger partial charge is 0.258 e. The molecular formula is C2H12N3O8P3. The third kappa shape index (κ3) is 5.62. The first-order chi connectivity index (χ1) is 7.10. The summed E-state index contributed by atoms with van der Waals surface area (Å²) in [6.45, 7) is 1.71. The molecule has 6 N–H and O–H groups in total. The van der Waals surface area contributed by atoms with E-state index in [4.69, 9.17) is 0 Å². The molecule has 0 amide bonds. The van der Waals surface area contributed by atoms with Gasteiger partial charge in [0.2, 0.25) is 0 Å². The number of rotatable bonds is 7. The largest absolute Gasteiger partial charge is 0.505 e. The van der Waals surface area contributed by atoms with E-state index < -0.39 is 23.0 Å². The van der Waals surface area contributed by atoms with Crippen molar-refractivity contribution in [3.8, 4) is 0 Å². The predicted molar refractivity (Wildman–Crippen MR) is 52.7 cm³/mol. The van der Waals surface area contributed by atoms with E-state index in [1.54, 1.807) is 0 Å². The molecule has 0 radical (unpaired) electrons. The van der Waals surface area contributed by atoms with E-state index in [1.807, 2.05) is 0 Å². The Balaban J connectivity index is 4.89. The summed E-state index contributed by atoms with van der Waals surface area (Å²) in [5.41, 5.74) is 0. The third-order valence-corrected chi connectivity index (χ3v) is 6.01. The van der Waals surface area contributed by atoms with E-state index in [9.17, 15) is 13.7 Å². The van der Waals surface area contributed by atoms with Crippen LogP contribution in [0.3, 0.4) is 0 Å². The van der Waals surface area contributed by atoms with Gasteiger partial charge in [0.1, 0.15) is 0 Å². The Bertz CT molecular complexity index is 340. The molecule has 2 unspecified atom stereocenters. The van der Waals surface area contributed by atoms with Gasteiger partial charge in [0, 0.05) is 13.3 Å². The predicted octanol–water partition coefficient (Wildman–Crippen LogP) is 0.444. The fraction of sp³-hybridized carbons (Fsp3) is 1.00. The van der Waals surface area contributed by atoms with E-state index in [0.29, 0.717) is 0 Å². The van der Waals surface area contributed by atoms with E-state index in [1.165, 1.54) is 0 Å². The highest BCUT2D eigenvalue weighted by atomic mass is 31.3. The summed E-state index contributed by atoms with van der Waals surface area (Å²) in [5, 5.41) is 0. The molecule has 0 fully saturated rings. The Labute approximate surface area is 91.0 Å². The molecule has 0 aliphatic carbocycles. The first-order valence-electron chi connectivity index (χ1n) is 3.43. The van der Waals surface area contributed by atoms with Crippen LogP contribution in [0.25, 0.3) is 0 Å². The number of hydrogen-bond acceptors (Lipinski definition) is 11. The van der Waals surface area contributed by atoms with Crippen molar-refractivity contribution < 1.29 is 36.2 Å². The van der Waals surface area contributed by atoms with Crippen molar-refractivity contribution >= 4 is 23.0 Å². The van der Waals surface area contributed by atoms with Gasteiger partial charge in [-0.1, -0.05) is 0 Å². The van der Waals surface area contributed by atoms with Crippen LogP contribution in [0.1, 0.15) is 0 Å². The zero-order chi connectivity index (χ0) is 13.0. The zero-order valence-corrected chi connectivity index (χ0v) is 11.0. The molecule has 0 rings (SSSR count). The van der Waals surface area contributed by atoms with Crippen molar-refractivity contribution in [3.63, 3.8) is 0 Å². The van der Waals surface area contributed by atoms with Crippen molar-refractivity contribution in [2.45, 2.75) is 0 Å². The maximum absolute atomic E-state index is 11.5. The Morgan fingerprint density at radius 1 is 0.750 bits per heavy atom. The van der Waals surface area contributed by atoms with E-state index in [2.05, 4.69) is 40.2 Å². The highest BCUT2D eigenvalue weighted by molar-refractivity contribution is 7.70. The molecule has 0 saturated heterocycles. The van der Waals surface area contributed by atoms with Crippen LogP contribution in [0.2, 0.25) is 0 Å². The molecule has 98 valence electrons. The summed E-state index contributed by atoms with van der Waals surface area (Å²) in [7, 11) is -12.5. The molecule has 0 aromatic carbocycles. The molecule has 11 nitrogen and oxygen atoms in total. The van der Waals surface area contributed by atoms with Gasteiger partial charge in [-0.15, -0.1) is 0 Å². The lowest BCUT2D eigenvalue weighted by atomic mass is 12.0. The van der Waals surface area contributed by atoms with Gasteiger partial charge in [0.05, 0.1) is 0 Å². The summed E-state index contributed by atoms with van der Waals surface area (Å²) in [4.78, 5) is 0. The normalized spacial score (nSPS) is 23.1. The van der Waals surface area contributed by atoms with Gasteiger partial charge in [-0.25, -0.2) is 44.8 Å². The molecule has 0 aliphatic heterocycles. The van der Waals surface area contributed by atoms with Crippen molar-refractivity contribution in [1.82, 2.24) is 0 Å². The molecule has 14 heteroatoms. The average molecular weight is 299 g/mol. The van der Waals surface area contributed by atoms with Crippen molar-refractivity contribution in [1.29, 1.82) is 0 Å². The van der Waals surface area contributed by atoms with Gasteiger partial charge in [-0.3, -0.25) is 9.13 Å². The summed E-state index contributed by atoms with van der Waals surface area (Å²) in [6, 6.07) is 0. The first kappa shape index (κ1) is 16.4. The van der Waals surface area contributed by atoms with Crippen LogP contribution in [0.5, 0.6) is 0 Å². The summed E-state index contributed by atoms with van der Waals surface area (Å²) >= 11 is 0. The van der Waals surface area contributed by atoms with E-state index in [-0.39, 0.29) is 0 Å². The Morgan fingerprint density at radius 3 is 1.25 bits per heavy atom. The number of hydrogen-bond donors (Lipinski definition) is 3.